The summed E-state index contributed by atoms with van der Waals surface area (Å²) in [7, 11) is 1.64. The number of rotatable bonds is 7. The second-order valence-corrected chi connectivity index (χ2v) is 7.06. The maximum atomic E-state index is 12.4. The average Bonchev–Trinajstić information content (AvgIpc) is 3.17. The van der Waals surface area contributed by atoms with E-state index in [2.05, 4.69) is 20.4 Å². The van der Waals surface area contributed by atoms with E-state index in [9.17, 15) is 4.79 Å². The molecule has 7 nitrogen and oxygen atoms in total. The third-order valence-corrected chi connectivity index (χ3v) is 5.05. The molecule has 146 valence electrons. The molecule has 0 saturated carbocycles. The summed E-state index contributed by atoms with van der Waals surface area (Å²) in [5.41, 5.74) is 1.83. The quantitative estimate of drug-likeness (QED) is 0.800. The highest BCUT2D eigenvalue weighted by atomic mass is 16.5. The lowest BCUT2D eigenvalue weighted by atomic mass is 9.93. The average molecular weight is 372 g/mol. The van der Waals surface area contributed by atoms with Gasteiger partial charge in [-0.05, 0) is 61.0 Å². The Balaban J connectivity index is 1.49. The molecule has 1 aromatic heterocycles. The Morgan fingerprint density at radius 3 is 3.00 bits per heavy atom. The highest BCUT2D eigenvalue weighted by molar-refractivity contribution is 5.91. The molecule has 1 amide bonds. The van der Waals surface area contributed by atoms with Crippen molar-refractivity contribution in [1.82, 2.24) is 10.1 Å². The van der Waals surface area contributed by atoms with Crippen molar-refractivity contribution in [3.63, 3.8) is 0 Å². The van der Waals surface area contributed by atoms with E-state index in [1.54, 1.807) is 7.11 Å². The molecule has 1 aromatic carbocycles. The minimum Gasteiger partial charge on any atom is -0.497 e. The van der Waals surface area contributed by atoms with Crippen molar-refractivity contribution in [2.75, 3.05) is 30.4 Å². The molecular weight excluding hydrogens is 344 g/mol. The summed E-state index contributed by atoms with van der Waals surface area (Å²) in [4.78, 5) is 18.9. The van der Waals surface area contributed by atoms with Crippen LogP contribution >= 0.6 is 0 Å². The van der Waals surface area contributed by atoms with Gasteiger partial charge in [-0.2, -0.15) is 4.98 Å². The fourth-order valence-corrected chi connectivity index (χ4v) is 3.45. The van der Waals surface area contributed by atoms with Gasteiger partial charge in [0.2, 0.25) is 11.8 Å². The summed E-state index contributed by atoms with van der Waals surface area (Å²) in [6.07, 6.45) is 4.32. The zero-order valence-corrected chi connectivity index (χ0v) is 16.3. The van der Waals surface area contributed by atoms with Crippen LogP contribution in [0.5, 0.6) is 5.75 Å². The summed E-state index contributed by atoms with van der Waals surface area (Å²) in [5, 5.41) is 7.08. The molecule has 0 radical (unpaired) electrons. The van der Waals surface area contributed by atoms with Crippen LogP contribution in [0.1, 0.15) is 44.1 Å². The number of ether oxygens (including phenoxy) is 1. The fraction of sp³-hybridized carbons (Fsp3) is 0.550. The van der Waals surface area contributed by atoms with Crippen LogP contribution in [0.25, 0.3) is 0 Å². The molecule has 0 spiro atoms. The van der Waals surface area contributed by atoms with Crippen LogP contribution in [-0.2, 0) is 11.2 Å². The number of nitrogens with zero attached hydrogens (tertiary/aromatic N) is 3. The molecule has 0 aliphatic carbocycles. The highest BCUT2D eigenvalue weighted by Gasteiger charge is 2.24. The molecule has 2 heterocycles. The summed E-state index contributed by atoms with van der Waals surface area (Å²) < 4.78 is 10.4. The standard InChI is InChI=1S/C20H28N4O3/c1-4-19-22-20(23-27-19)24-11-5-6-15(13-24)7-10-18(25)21-17-9-8-16(26-3)12-14(17)2/h8-9,12,15H,4-7,10-11,13H2,1-3H3,(H,21,25)/t15-/m1/s1. The SMILES string of the molecule is CCc1nc(N2CCC[C@H](CCC(=O)Nc3ccc(OC)cc3C)C2)no1. The van der Waals surface area contributed by atoms with E-state index < -0.39 is 0 Å². The van der Waals surface area contributed by atoms with Crippen molar-refractivity contribution in [1.29, 1.82) is 0 Å². The van der Waals surface area contributed by atoms with Gasteiger partial charge in [0.05, 0.1) is 7.11 Å². The Labute approximate surface area is 160 Å². The normalized spacial score (nSPS) is 17.0. The predicted molar refractivity (Wildman–Crippen MR) is 104 cm³/mol. The number of aromatic nitrogens is 2. The van der Waals surface area contributed by atoms with Gasteiger partial charge in [0.25, 0.3) is 5.95 Å². The maximum Gasteiger partial charge on any atom is 0.266 e. The van der Waals surface area contributed by atoms with E-state index in [1.807, 2.05) is 32.0 Å². The number of aryl methyl sites for hydroxylation is 2. The van der Waals surface area contributed by atoms with Crippen molar-refractivity contribution in [2.24, 2.45) is 5.92 Å². The number of carbonyl (C=O) groups excluding carboxylic acids is 1. The molecular formula is C20H28N4O3. The summed E-state index contributed by atoms with van der Waals surface area (Å²) in [5.74, 6) is 2.65. The van der Waals surface area contributed by atoms with E-state index in [0.717, 1.165) is 55.8 Å². The van der Waals surface area contributed by atoms with Crippen LogP contribution in [-0.4, -0.2) is 36.2 Å². The van der Waals surface area contributed by atoms with Gasteiger partial charge >= 0.3 is 0 Å². The van der Waals surface area contributed by atoms with Crippen LogP contribution in [0.15, 0.2) is 22.7 Å². The van der Waals surface area contributed by atoms with Gasteiger partial charge in [-0.15, -0.1) is 0 Å². The first-order valence-electron chi connectivity index (χ1n) is 9.61. The van der Waals surface area contributed by atoms with E-state index in [-0.39, 0.29) is 5.91 Å². The largest absolute Gasteiger partial charge is 0.497 e. The van der Waals surface area contributed by atoms with Crippen molar-refractivity contribution in [3.8, 4) is 5.75 Å². The molecule has 1 aliphatic rings. The van der Waals surface area contributed by atoms with E-state index in [4.69, 9.17) is 9.26 Å². The minimum absolute atomic E-state index is 0.0493. The predicted octanol–water partition coefficient (Wildman–Crippen LogP) is 3.58. The molecule has 3 rings (SSSR count). The topological polar surface area (TPSA) is 80.5 Å². The fourth-order valence-electron chi connectivity index (χ4n) is 3.45. The first-order valence-corrected chi connectivity index (χ1v) is 9.61. The van der Waals surface area contributed by atoms with Gasteiger partial charge in [0.15, 0.2) is 0 Å². The van der Waals surface area contributed by atoms with Gasteiger partial charge in [0, 0.05) is 31.6 Å². The Kier molecular flexibility index (Phi) is 6.32. The molecule has 1 fully saturated rings. The van der Waals surface area contributed by atoms with Crippen LogP contribution < -0.4 is 15.0 Å². The Bertz CT molecular complexity index is 774. The molecule has 0 unspecified atom stereocenters. The van der Waals surface area contributed by atoms with Crippen LogP contribution in [0.2, 0.25) is 0 Å². The monoisotopic (exact) mass is 372 g/mol. The lowest BCUT2D eigenvalue weighted by molar-refractivity contribution is -0.116. The molecule has 1 N–H and O–H groups in total. The third-order valence-electron chi connectivity index (χ3n) is 5.05. The summed E-state index contributed by atoms with van der Waals surface area (Å²) >= 11 is 0. The van der Waals surface area contributed by atoms with Crippen LogP contribution in [0.4, 0.5) is 11.6 Å². The first-order chi connectivity index (χ1) is 13.1. The van der Waals surface area contributed by atoms with Gasteiger partial charge < -0.3 is 19.5 Å². The summed E-state index contributed by atoms with van der Waals surface area (Å²) in [6.45, 7) is 5.78. The maximum absolute atomic E-state index is 12.4. The first kappa shape index (κ1) is 19.2. The number of amides is 1. The number of hydrogen-bond donors (Lipinski definition) is 1. The number of anilines is 2. The van der Waals surface area contributed by atoms with E-state index in [1.165, 1.54) is 0 Å². The Hall–Kier alpha value is -2.57. The van der Waals surface area contributed by atoms with Crippen LogP contribution in [0.3, 0.4) is 0 Å². The van der Waals surface area contributed by atoms with Gasteiger partial charge in [0.1, 0.15) is 5.75 Å². The Morgan fingerprint density at radius 1 is 1.44 bits per heavy atom. The zero-order chi connectivity index (χ0) is 19.2. The molecule has 1 aliphatic heterocycles. The number of hydrogen-bond acceptors (Lipinski definition) is 6. The highest BCUT2D eigenvalue weighted by Crippen LogP contribution is 2.25. The number of piperidine rings is 1. The van der Waals surface area contributed by atoms with Crippen molar-refractivity contribution >= 4 is 17.5 Å². The molecule has 1 saturated heterocycles. The van der Waals surface area contributed by atoms with Crippen molar-refractivity contribution in [2.45, 2.75) is 46.0 Å². The van der Waals surface area contributed by atoms with Gasteiger partial charge in [-0.25, -0.2) is 0 Å². The molecule has 1 atom stereocenters. The second kappa shape index (κ2) is 8.88. The zero-order valence-electron chi connectivity index (χ0n) is 16.3. The number of benzene rings is 1. The number of nitrogens with one attached hydrogen (secondary N) is 1. The molecule has 7 heteroatoms. The van der Waals surface area contributed by atoms with Gasteiger partial charge in [-0.1, -0.05) is 6.92 Å². The van der Waals surface area contributed by atoms with Gasteiger partial charge in [-0.3, -0.25) is 4.79 Å². The number of carbonyl (C=O) groups is 1. The smallest absolute Gasteiger partial charge is 0.266 e. The van der Waals surface area contributed by atoms with E-state index in [0.29, 0.717) is 24.2 Å². The van der Waals surface area contributed by atoms with Crippen LogP contribution in [0, 0.1) is 12.8 Å². The molecule has 0 bridgehead atoms. The lowest BCUT2D eigenvalue weighted by Gasteiger charge is -2.31. The Morgan fingerprint density at radius 2 is 2.30 bits per heavy atom. The third kappa shape index (κ3) is 4.99. The van der Waals surface area contributed by atoms with Crippen molar-refractivity contribution < 1.29 is 14.1 Å². The van der Waals surface area contributed by atoms with E-state index >= 15 is 0 Å². The molecule has 2 aromatic rings. The second-order valence-electron chi connectivity index (χ2n) is 7.06. The molecule has 27 heavy (non-hydrogen) atoms. The minimum atomic E-state index is 0.0493. The summed E-state index contributed by atoms with van der Waals surface area (Å²) in [6, 6.07) is 5.66. The number of methoxy groups -OCH3 is 1. The lowest BCUT2D eigenvalue weighted by Crippen LogP contribution is -2.36. The van der Waals surface area contributed by atoms with Crippen molar-refractivity contribution in [3.05, 3.63) is 29.7 Å².